The van der Waals surface area contributed by atoms with Crippen LogP contribution in [0.5, 0.6) is 11.6 Å². The summed E-state index contributed by atoms with van der Waals surface area (Å²) in [5.41, 5.74) is 0.423. The Kier molecular flexibility index (Phi) is 9.18. The Morgan fingerprint density at radius 3 is 2.19 bits per heavy atom. The van der Waals surface area contributed by atoms with Crippen molar-refractivity contribution in [2.24, 2.45) is 0 Å². The number of hydrogen-bond acceptors (Lipinski definition) is 6. The lowest BCUT2D eigenvalue weighted by Crippen LogP contribution is -2.55. The normalized spacial score (nSPS) is 17.4. The predicted molar refractivity (Wildman–Crippen MR) is 141 cm³/mol. The second kappa shape index (κ2) is 12.5. The molecular formula is C27H36ClN5O3. The highest BCUT2D eigenvalue weighted by Crippen LogP contribution is 2.25. The molecule has 0 saturated carbocycles. The van der Waals surface area contributed by atoms with Crippen molar-refractivity contribution < 1.29 is 14.3 Å². The third-order valence-electron chi connectivity index (χ3n) is 7.17. The molecule has 2 amide bonds. The molecule has 0 spiro atoms. The van der Waals surface area contributed by atoms with E-state index in [1.807, 2.05) is 4.90 Å². The van der Waals surface area contributed by atoms with E-state index in [1.54, 1.807) is 47.5 Å². The van der Waals surface area contributed by atoms with E-state index in [0.29, 0.717) is 55.1 Å². The summed E-state index contributed by atoms with van der Waals surface area (Å²) < 4.78 is 5.87. The molecule has 8 nitrogen and oxygen atoms in total. The van der Waals surface area contributed by atoms with Crippen molar-refractivity contribution in [3.8, 4) is 11.6 Å². The molecule has 0 bridgehead atoms. The number of amides is 2. The Hall–Kier alpha value is -2.68. The molecule has 2 aromatic rings. The topological polar surface area (TPSA) is 69.2 Å². The van der Waals surface area contributed by atoms with E-state index >= 15 is 0 Å². The minimum Gasteiger partial charge on any atom is -0.438 e. The quantitative estimate of drug-likeness (QED) is 0.537. The van der Waals surface area contributed by atoms with E-state index in [0.717, 1.165) is 39.0 Å². The number of pyridine rings is 1. The molecule has 2 saturated heterocycles. The van der Waals surface area contributed by atoms with Gasteiger partial charge in [-0.1, -0.05) is 25.4 Å². The number of benzene rings is 1. The van der Waals surface area contributed by atoms with Gasteiger partial charge in [0, 0.05) is 69.6 Å². The highest BCUT2D eigenvalue weighted by atomic mass is 35.5. The smallest absolute Gasteiger partial charge is 0.259 e. The van der Waals surface area contributed by atoms with Crippen molar-refractivity contribution in [1.29, 1.82) is 0 Å². The largest absolute Gasteiger partial charge is 0.438 e. The van der Waals surface area contributed by atoms with Crippen LogP contribution in [0, 0.1) is 0 Å². The molecule has 194 valence electrons. The maximum absolute atomic E-state index is 13.3. The average molecular weight is 514 g/mol. The Balaban J connectivity index is 1.27. The third-order valence-corrected chi connectivity index (χ3v) is 7.43. The Bertz CT molecular complexity index is 1010. The highest BCUT2D eigenvalue weighted by molar-refractivity contribution is 6.30. The summed E-state index contributed by atoms with van der Waals surface area (Å²) in [4.78, 5) is 38.9. The van der Waals surface area contributed by atoms with Gasteiger partial charge >= 0.3 is 0 Å². The van der Waals surface area contributed by atoms with Crippen molar-refractivity contribution >= 4 is 23.4 Å². The fourth-order valence-electron chi connectivity index (χ4n) is 4.96. The number of ether oxygens (including phenoxy) is 1. The lowest BCUT2D eigenvalue weighted by Gasteiger charge is -2.40. The summed E-state index contributed by atoms with van der Waals surface area (Å²) in [6, 6.07) is 11.0. The number of halogens is 1. The fourth-order valence-corrected chi connectivity index (χ4v) is 5.09. The fraction of sp³-hybridized carbons (Fsp3) is 0.519. The first kappa shape index (κ1) is 26.4. The van der Waals surface area contributed by atoms with Crippen LogP contribution in [0.3, 0.4) is 0 Å². The summed E-state index contributed by atoms with van der Waals surface area (Å²) in [5.74, 6) is 0.909. The SMILES string of the molecule is CCC(CC)N1CCN(C(=O)CN2CCN(C(=O)c3cccnc3Oc3ccc(Cl)cc3)CC2)CC1. The van der Waals surface area contributed by atoms with E-state index in [2.05, 4.69) is 28.6 Å². The van der Waals surface area contributed by atoms with Gasteiger partial charge in [-0.3, -0.25) is 19.4 Å². The first-order valence-electron chi connectivity index (χ1n) is 12.9. The molecule has 0 N–H and O–H groups in total. The van der Waals surface area contributed by atoms with E-state index in [4.69, 9.17) is 16.3 Å². The van der Waals surface area contributed by atoms with E-state index in [9.17, 15) is 9.59 Å². The zero-order valence-electron chi connectivity index (χ0n) is 21.2. The van der Waals surface area contributed by atoms with Gasteiger partial charge in [-0.25, -0.2) is 4.98 Å². The number of nitrogens with zero attached hydrogens (tertiary/aromatic N) is 5. The minimum absolute atomic E-state index is 0.115. The van der Waals surface area contributed by atoms with Crippen molar-refractivity contribution in [2.75, 3.05) is 58.9 Å². The lowest BCUT2D eigenvalue weighted by molar-refractivity contribution is -0.134. The molecule has 1 aromatic carbocycles. The van der Waals surface area contributed by atoms with Gasteiger partial charge in [0.15, 0.2) is 0 Å². The summed E-state index contributed by atoms with van der Waals surface area (Å²) in [5, 5.41) is 0.611. The van der Waals surface area contributed by atoms with Crippen LogP contribution >= 0.6 is 11.6 Å². The standard InChI is InChI=1S/C27H36ClN5O3/c1-3-22(4-2)31-16-18-32(19-17-31)25(34)20-30-12-14-33(15-13-30)27(35)24-6-5-11-29-26(24)36-23-9-7-21(28)8-10-23/h5-11,22H,3-4,12-20H2,1-2H3. The van der Waals surface area contributed by atoms with Crippen LogP contribution < -0.4 is 4.74 Å². The van der Waals surface area contributed by atoms with E-state index < -0.39 is 0 Å². The Labute approximate surface area is 218 Å². The van der Waals surface area contributed by atoms with Crippen molar-refractivity contribution in [1.82, 2.24) is 24.6 Å². The van der Waals surface area contributed by atoms with Gasteiger partial charge in [0.25, 0.3) is 5.91 Å². The molecular weight excluding hydrogens is 478 g/mol. The highest BCUT2D eigenvalue weighted by Gasteiger charge is 2.29. The molecule has 0 unspecified atom stereocenters. The van der Waals surface area contributed by atoms with Gasteiger partial charge in [-0.15, -0.1) is 0 Å². The van der Waals surface area contributed by atoms with Crippen molar-refractivity contribution in [3.05, 3.63) is 53.2 Å². The van der Waals surface area contributed by atoms with Gasteiger partial charge in [-0.2, -0.15) is 0 Å². The zero-order chi connectivity index (χ0) is 25.5. The van der Waals surface area contributed by atoms with Crippen LogP contribution in [0.2, 0.25) is 5.02 Å². The first-order valence-corrected chi connectivity index (χ1v) is 13.3. The summed E-state index contributed by atoms with van der Waals surface area (Å²) >= 11 is 5.95. The number of piperazine rings is 2. The molecule has 2 aliphatic rings. The molecule has 3 heterocycles. The molecule has 1 aromatic heterocycles. The second-order valence-corrected chi connectivity index (χ2v) is 9.80. The van der Waals surface area contributed by atoms with Gasteiger partial charge in [-0.05, 0) is 49.2 Å². The molecule has 2 fully saturated rings. The summed E-state index contributed by atoms with van der Waals surface area (Å²) in [6.45, 7) is 10.8. The van der Waals surface area contributed by atoms with E-state index in [1.165, 1.54) is 0 Å². The third kappa shape index (κ3) is 6.55. The maximum atomic E-state index is 13.3. The summed E-state index contributed by atoms with van der Waals surface area (Å²) in [7, 11) is 0. The molecule has 2 aliphatic heterocycles. The minimum atomic E-state index is -0.115. The van der Waals surface area contributed by atoms with Gasteiger partial charge in [0.1, 0.15) is 11.3 Å². The first-order chi connectivity index (χ1) is 17.5. The maximum Gasteiger partial charge on any atom is 0.259 e. The molecule has 36 heavy (non-hydrogen) atoms. The molecule has 0 radical (unpaired) electrons. The van der Waals surface area contributed by atoms with Gasteiger partial charge < -0.3 is 14.5 Å². The molecule has 0 atom stereocenters. The van der Waals surface area contributed by atoms with Crippen LogP contribution in [0.25, 0.3) is 0 Å². The Morgan fingerprint density at radius 1 is 0.917 bits per heavy atom. The number of aromatic nitrogens is 1. The second-order valence-electron chi connectivity index (χ2n) is 9.37. The number of carbonyl (C=O) groups excluding carboxylic acids is 2. The number of hydrogen-bond donors (Lipinski definition) is 0. The molecule has 9 heteroatoms. The van der Waals surface area contributed by atoms with E-state index in [-0.39, 0.29) is 17.7 Å². The monoisotopic (exact) mass is 513 g/mol. The molecule has 0 aliphatic carbocycles. The predicted octanol–water partition coefficient (Wildman–Crippen LogP) is 3.62. The number of rotatable bonds is 8. The van der Waals surface area contributed by atoms with Gasteiger partial charge in [0.2, 0.25) is 11.8 Å². The summed E-state index contributed by atoms with van der Waals surface area (Å²) in [6.07, 6.45) is 3.92. The van der Waals surface area contributed by atoms with Crippen LogP contribution in [0.4, 0.5) is 0 Å². The number of carbonyl (C=O) groups is 2. The van der Waals surface area contributed by atoms with Crippen LogP contribution in [-0.2, 0) is 4.79 Å². The Morgan fingerprint density at radius 2 is 1.56 bits per heavy atom. The van der Waals surface area contributed by atoms with Crippen LogP contribution in [0.1, 0.15) is 37.0 Å². The van der Waals surface area contributed by atoms with Gasteiger partial charge in [0.05, 0.1) is 6.54 Å². The lowest BCUT2D eigenvalue weighted by atomic mass is 10.1. The van der Waals surface area contributed by atoms with Crippen LogP contribution in [-0.4, -0.2) is 101 Å². The van der Waals surface area contributed by atoms with Crippen molar-refractivity contribution in [2.45, 2.75) is 32.7 Å². The van der Waals surface area contributed by atoms with Crippen LogP contribution in [0.15, 0.2) is 42.6 Å². The molecule has 4 rings (SSSR count). The van der Waals surface area contributed by atoms with Crippen molar-refractivity contribution in [3.63, 3.8) is 0 Å². The average Bonchev–Trinajstić information content (AvgIpc) is 2.91. The zero-order valence-corrected chi connectivity index (χ0v) is 22.0.